The fourth-order valence-electron chi connectivity index (χ4n) is 0.937. The molecule has 1 aromatic carbocycles. The van der Waals surface area contributed by atoms with Gasteiger partial charge in [-0.1, -0.05) is 13.8 Å². The fourth-order valence-corrected chi connectivity index (χ4v) is 2.44. The average molecular weight is 340 g/mol. The molecule has 0 aliphatic rings. The zero-order chi connectivity index (χ0) is 9.30. The number of benzene rings is 1. The van der Waals surface area contributed by atoms with Gasteiger partial charge in [0.1, 0.15) is 0 Å². The quantitative estimate of drug-likeness (QED) is 0.612. The molecule has 66 valence electrons. The van der Waals surface area contributed by atoms with E-state index in [2.05, 4.69) is 64.5 Å². The Hall–Kier alpha value is 0.230. The maximum absolute atomic E-state index is 5.80. The molecular weight excluding hydrogens is 329 g/mol. The lowest BCUT2D eigenvalue weighted by Gasteiger charge is -2.09. The number of rotatable bonds is 1. The summed E-state index contributed by atoms with van der Waals surface area (Å²) < 4.78 is 2.11. The third-order valence-corrected chi connectivity index (χ3v) is 3.32. The Kier molecular flexibility index (Phi) is 3.40. The van der Waals surface area contributed by atoms with E-state index in [4.69, 9.17) is 5.73 Å². The second-order valence-electron chi connectivity index (χ2n) is 3.05. The van der Waals surface area contributed by atoms with Crippen LogP contribution in [0.15, 0.2) is 16.6 Å². The van der Waals surface area contributed by atoms with Crippen LogP contribution in [0.4, 0.5) is 5.69 Å². The van der Waals surface area contributed by atoms with E-state index in [0.717, 1.165) is 13.7 Å². The zero-order valence-electron chi connectivity index (χ0n) is 7.07. The Morgan fingerprint density at radius 3 is 2.42 bits per heavy atom. The van der Waals surface area contributed by atoms with Crippen molar-refractivity contribution in [3.8, 4) is 0 Å². The number of nitrogens with two attached hydrogens (primary N) is 1. The molecule has 3 heteroatoms. The normalized spacial score (nSPS) is 10.8. The minimum atomic E-state index is 0.551. The fraction of sp³-hybridized carbons (Fsp3) is 0.333. The molecule has 0 radical (unpaired) electrons. The second kappa shape index (κ2) is 3.96. The van der Waals surface area contributed by atoms with E-state index in [1.54, 1.807) is 0 Å². The van der Waals surface area contributed by atoms with Gasteiger partial charge in [-0.2, -0.15) is 0 Å². The van der Waals surface area contributed by atoms with E-state index in [0.29, 0.717) is 5.92 Å². The highest BCUT2D eigenvalue weighted by molar-refractivity contribution is 14.1. The molecule has 0 amide bonds. The number of halogens is 2. The molecule has 1 aromatic rings. The summed E-state index contributed by atoms with van der Waals surface area (Å²) in [6.45, 7) is 4.35. The summed E-state index contributed by atoms with van der Waals surface area (Å²) in [4.78, 5) is 0. The van der Waals surface area contributed by atoms with Gasteiger partial charge in [-0.25, -0.2) is 0 Å². The van der Waals surface area contributed by atoms with Crippen molar-refractivity contribution in [2.24, 2.45) is 0 Å². The van der Waals surface area contributed by atoms with Gasteiger partial charge in [-0.15, -0.1) is 0 Å². The minimum Gasteiger partial charge on any atom is -0.397 e. The van der Waals surface area contributed by atoms with Crippen LogP contribution in [0.2, 0.25) is 0 Å². The number of hydrogen-bond acceptors (Lipinski definition) is 1. The van der Waals surface area contributed by atoms with Gasteiger partial charge in [0.2, 0.25) is 0 Å². The maximum Gasteiger partial charge on any atom is 0.0594 e. The van der Waals surface area contributed by atoms with Gasteiger partial charge in [-0.05, 0) is 62.1 Å². The SMILES string of the molecule is CC(C)c1cc(Br)c(N)c(I)c1. The highest BCUT2D eigenvalue weighted by atomic mass is 127. The summed E-state index contributed by atoms with van der Waals surface area (Å²) in [5.41, 5.74) is 7.95. The molecule has 0 heterocycles. The zero-order valence-corrected chi connectivity index (χ0v) is 10.8. The highest BCUT2D eigenvalue weighted by Gasteiger charge is 2.05. The van der Waals surface area contributed by atoms with Crippen molar-refractivity contribution in [1.82, 2.24) is 0 Å². The molecule has 0 saturated carbocycles. The number of nitrogen functional groups attached to an aromatic ring is 1. The van der Waals surface area contributed by atoms with Gasteiger partial charge >= 0.3 is 0 Å². The first-order chi connectivity index (χ1) is 5.52. The molecule has 1 rings (SSSR count). The first-order valence-electron chi connectivity index (χ1n) is 3.76. The van der Waals surface area contributed by atoms with Crippen molar-refractivity contribution < 1.29 is 0 Å². The van der Waals surface area contributed by atoms with Crippen LogP contribution < -0.4 is 5.73 Å². The maximum atomic E-state index is 5.80. The molecule has 0 aliphatic heterocycles. The van der Waals surface area contributed by atoms with Gasteiger partial charge in [0.25, 0.3) is 0 Å². The van der Waals surface area contributed by atoms with Crippen LogP contribution in [0.1, 0.15) is 25.3 Å². The third kappa shape index (κ3) is 2.13. The van der Waals surface area contributed by atoms with Crippen molar-refractivity contribution >= 4 is 44.2 Å². The van der Waals surface area contributed by atoms with Crippen molar-refractivity contribution in [1.29, 1.82) is 0 Å². The average Bonchev–Trinajstić information content (AvgIpc) is 1.99. The molecule has 0 atom stereocenters. The summed E-state index contributed by atoms with van der Waals surface area (Å²) >= 11 is 5.69. The van der Waals surface area contributed by atoms with Gasteiger partial charge in [0, 0.05) is 8.04 Å². The molecule has 1 nitrogen and oxygen atoms in total. The van der Waals surface area contributed by atoms with E-state index < -0.39 is 0 Å². The summed E-state index contributed by atoms with van der Waals surface area (Å²) in [5, 5.41) is 0. The summed E-state index contributed by atoms with van der Waals surface area (Å²) in [5.74, 6) is 0.551. The smallest absolute Gasteiger partial charge is 0.0594 e. The van der Waals surface area contributed by atoms with E-state index >= 15 is 0 Å². The molecule has 0 fully saturated rings. The predicted molar refractivity (Wildman–Crippen MR) is 65.4 cm³/mol. The van der Waals surface area contributed by atoms with Gasteiger partial charge in [0.15, 0.2) is 0 Å². The summed E-state index contributed by atoms with van der Waals surface area (Å²) in [6.07, 6.45) is 0. The standard InChI is InChI=1S/C9H11BrIN/c1-5(2)6-3-7(10)9(12)8(11)4-6/h3-5H,12H2,1-2H3. The lowest BCUT2D eigenvalue weighted by Crippen LogP contribution is -1.95. The van der Waals surface area contributed by atoms with Crippen LogP contribution in [0.3, 0.4) is 0 Å². The van der Waals surface area contributed by atoms with Crippen molar-refractivity contribution in [3.05, 3.63) is 25.7 Å². The van der Waals surface area contributed by atoms with E-state index in [-0.39, 0.29) is 0 Å². The highest BCUT2D eigenvalue weighted by Crippen LogP contribution is 2.29. The Balaban J connectivity index is 3.21. The van der Waals surface area contributed by atoms with E-state index in [1.165, 1.54) is 5.56 Å². The van der Waals surface area contributed by atoms with Crippen LogP contribution in [-0.4, -0.2) is 0 Å². The molecule has 0 bridgehead atoms. The largest absolute Gasteiger partial charge is 0.397 e. The Labute approximate surface area is 95.0 Å². The molecule has 0 unspecified atom stereocenters. The molecule has 12 heavy (non-hydrogen) atoms. The Bertz CT molecular complexity index is 274. The lowest BCUT2D eigenvalue weighted by atomic mass is 10.0. The van der Waals surface area contributed by atoms with Crippen LogP contribution >= 0.6 is 38.5 Å². The van der Waals surface area contributed by atoms with E-state index in [1.807, 2.05) is 0 Å². The lowest BCUT2D eigenvalue weighted by molar-refractivity contribution is 0.865. The monoisotopic (exact) mass is 339 g/mol. The molecule has 0 spiro atoms. The molecule has 2 N–H and O–H groups in total. The Morgan fingerprint density at radius 2 is 2.00 bits per heavy atom. The van der Waals surface area contributed by atoms with Gasteiger partial charge in [-0.3, -0.25) is 0 Å². The second-order valence-corrected chi connectivity index (χ2v) is 5.07. The van der Waals surface area contributed by atoms with Crippen LogP contribution in [0.5, 0.6) is 0 Å². The Morgan fingerprint density at radius 1 is 1.42 bits per heavy atom. The topological polar surface area (TPSA) is 26.0 Å². The van der Waals surface area contributed by atoms with Gasteiger partial charge in [0.05, 0.1) is 5.69 Å². The number of hydrogen-bond donors (Lipinski definition) is 1. The van der Waals surface area contributed by atoms with E-state index in [9.17, 15) is 0 Å². The molecular formula is C9H11BrIN. The summed E-state index contributed by atoms with van der Waals surface area (Å²) in [7, 11) is 0. The summed E-state index contributed by atoms with van der Waals surface area (Å²) in [6, 6.07) is 4.22. The molecule has 0 aliphatic carbocycles. The van der Waals surface area contributed by atoms with Crippen LogP contribution in [0, 0.1) is 3.57 Å². The van der Waals surface area contributed by atoms with Crippen molar-refractivity contribution in [2.75, 3.05) is 5.73 Å². The third-order valence-electron chi connectivity index (χ3n) is 1.77. The van der Waals surface area contributed by atoms with Crippen molar-refractivity contribution in [3.63, 3.8) is 0 Å². The number of anilines is 1. The first kappa shape index (κ1) is 10.3. The van der Waals surface area contributed by atoms with Gasteiger partial charge < -0.3 is 5.73 Å². The first-order valence-corrected chi connectivity index (χ1v) is 5.64. The molecule has 0 saturated heterocycles. The van der Waals surface area contributed by atoms with Crippen LogP contribution in [-0.2, 0) is 0 Å². The molecule has 0 aromatic heterocycles. The predicted octanol–water partition coefficient (Wildman–Crippen LogP) is 3.76. The van der Waals surface area contributed by atoms with Crippen LogP contribution in [0.25, 0.3) is 0 Å². The minimum absolute atomic E-state index is 0.551. The van der Waals surface area contributed by atoms with Crippen molar-refractivity contribution in [2.45, 2.75) is 19.8 Å².